The minimum absolute atomic E-state index is 0.717. The second kappa shape index (κ2) is 8.73. The van der Waals surface area contributed by atoms with Crippen molar-refractivity contribution in [2.24, 2.45) is 0 Å². The van der Waals surface area contributed by atoms with Gasteiger partial charge in [0.05, 0.1) is 0 Å². The molecule has 0 radical (unpaired) electrons. The summed E-state index contributed by atoms with van der Waals surface area (Å²) in [5.41, 5.74) is 1.17. The molecular formula is C18H25ClN4. The highest BCUT2D eigenvalue weighted by molar-refractivity contribution is 6.30. The molecule has 0 saturated heterocycles. The van der Waals surface area contributed by atoms with Crippen LogP contribution in [0.3, 0.4) is 0 Å². The maximum atomic E-state index is 5.92. The lowest BCUT2D eigenvalue weighted by atomic mass is 10.2. The fraction of sp³-hybridized carbons (Fsp3) is 0.444. The van der Waals surface area contributed by atoms with E-state index in [1.54, 1.807) is 0 Å². The van der Waals surface area contributed by atoms with E-state index in [-0.39, 0.29) is 0 Å². The lowest BCUT2D eigenvalue weighted by molar-refractivity contribution is 0.730. The summed E-state index contributed by atoms with van der Waals surface area (Å²) in [5, 5.41) is 4.13. The third-order valence-electron chi connectivity index (χ3n) is 3.52. The van der Waals surface area contributed by atoms with Gasteiger partial charge in [-0.05, 0) is 37.5 Å². The predicted octanol–water partition coefficient (Wildman–Crippen LogP) is 4.68. The van der Waals surface area contributed by atoms with Gasteiger partial charge in [0, 0.05) is 30.7 Å². The minimum atomic E-state index is 0.717. The van der Waals surface area contributed by atoms with Crippen molar-refractivity contribution in [1.82, 2.24) is 9.97 Å². The molecule has 4 nitrogen and oxygen atoms in total. The molecule has 5 heteroatoms. The van der Waals surface area contributed by atoms with E-state index in [9.17, 15) is 0 Å². The number of halogens is 1. The molecule has 0 aliphatic heterocycles. The standard InChI is InChI=1S/C18H25ClN4/c1-4-10-23(11-5-2)18-12-17(21-14(3)22-18)20-13-15-6-8-16(19)9-7-15/h6-9,12H,4-5,10-11,13H2,1-3H3,(H,20,21,22). The van der Waals surface area contributed by atoms with Gasteiger partial charge >= 0.3 is 0 Å². The van der Waals surface area contributed by atoms with Crippen molar-refractivity contribution in [2.45, 2.75) is 40.2 Å². The zero-order chi connectivity index (χ0) is 16.7. The first-order chi connectivity index (χ1) is 11.1. The summed E-state index contributed by atoms with van der Waals surface area (Å²) in [5.74, 6) is 2.65. The molecule has 0 fully saturated rings. The number of benzene rings is 1. The molecule has 124 valence electrons. The summed E-state index contributed by atoms with van der Waals surface area (Å²) >= 11 is 5.92. The van der Waals surface area contributed by atoms with Crippen LogP contribution in [-0.4, -0.2) is 23.1 Å². The molecule has 0 unspecified atom stereocenters. The molecule has 1 heterocycles. The maximum absolute atomic E-state index is 5.92. The second-order valence-electron chi connectivity index (χ2n) is 5.63. The third-order valence-corrected chi connectivity index (χ3v) is 3.77. The Kier molecular flexibility index (Phi) is 6.66. The minimum Gasteiger partial charge on any atom is -0.366 e. The normalized spacial score (nSPS) is 10.6. The van der Waals surface area contributed by atoms with E-state index >= 15 is 0 Å². The Morgan fingerprint density at radius 2 is 1.70 bits per heavy atom. The number of aromatic nitrogens is 2. The summed E-state index contributed by atoms with van der Waals surface area (Å²) in [7, 11) is 0. The number of hydrogen-bond acceptors (Lipinski definition) is 4. The molecule has 1 N–H and O–H groups in total. The Balaban J connectivity index is 2.11. The molecule has 1 aromatic heterocycles. The van der Waals surface area contributed by atoms with E-state index in [0.717, 1.165) is 48.4 Å². The highest BCUT2D eigenvalue weighted by Gasteiger charge is 2.09. The first-order valence-corrected chi connectivity index (χ1v) is 8.59. The fourth-order valence-electron chi connectivity index (χ4n) is 2.48. The monoisotopic (exact) mass is 332 g/mol. The summed E-state index contributed by atoms with van der Waals surface area (Å²) < 4.78 is 0. The molecule has 0 bridgehead atoms. The van der Waals surface area contributed by atoms with Gasteiger partial charge in [0.15, 0.2) is 0 Å². The second-order valence-corrected chi connectivity index (χ2v) is 6.06. The lowest BCUT2D eigenvalue weighted by Crippen LogP contribution is -2.26. The van der Waals surface area contributed by atoms with Gasteiger partial charge in [0.25, 0.3) is 0 Å². The number of nitrogens with one attached hydrogen (secondary N) is 1. The van der Waals surface area contributed by atoms with Crippen LogP contribution in [0.1, 0.15) is 38.1 Å². The van der Waals surface area contributed by atoms with E-state index in [1.165, 1.54) is 5.56 Å². The highest BCUT2D eigenvalue weighted by atomic mass is 35.5. The van der Waals surface area contributed by atoms with E-state index in [1.807, 2.05) is 37.3 Å². The largest absolute Gasteiger partial charge is 0.366 e. The summed E-state index contributed by atoms with van der Waals surface area (Å²) in [6.45, 7) is 9.07. The number of hydrogen-bond donors (Lipinski definition) is 1. The maximum Gasteiger partial charge on any atom is 0.134 e. The van der Waals surface area contributed by atoms with Gasteiger partial charge in [-0.25, -0.2) is 9.97 Å². The van der Waals surface area contributed by atoms with Crippen LogP contribution in [0.2, 0.25) is 5.02 Å². The number of nitrogens with zero attached hydrogens (tertiary/aromatic N) is 3. The number of aryl methyl sites for hydroxylation is 1. The van der Waals surface area contributed by atoms with Crippen LogP contribution in [0, 0.1) is 6.92 Å². The first kappa shape index (κ1) is 17.5. The van der Waals surface area contributed by atoms with E-state index in [4.69, 9.17) is 11.6 Å². The topological polar surface area (TPSA) is 41.0 Å². The van der Waals surface area contributed by atoms with Crippen LogP contribution in [-0.2, 0) is 6.54 Å². The molecule has 1 aromatic carbocycles. The van der Waals surface area contributed by atoms with Gasteiger partial charge in [-0.15, -0.1) is 0 Å². The average molecular weight is 333 g/mol. The zero-order valence-corrected chi connectivity index (χ0v) is 14.9. The molecule has 0 spiro atoms. The average Bonchev–Trinajstić information content (AvgIpc) is 2.54. The van der Waals surface area contributed by atoms with Gasteiger partial charge in [-0.3, -0.25) is 0 Å². The van der Waals surface area contributed by atoms with Gasteiger partial charge < -0.3 is 10.2 Å². The zero-order valence-electron chi connectivity index (χ0n) is 14.1. The van der Waals surface area contributed by atoms with Crippen molar-refractivity contribution in [3.05, 3.63) is 46.7 Å². The fourth-order valence-corrected chi connectivity index (χ4v) is 2.61. The molecule has 0 atom stereocenters. The molecular weight excluding hydrogens is 308 g/mol. The summed E-state index contributed by atoms with van der Waals surface area (Å²) in [4.78, 5) is 11.4. The van der Waals surface area contributed by atoms with Gasteiger partial charge in [-0.1, -0.05) is 37.6 Å². The van der Waals surface area contributed by atoms with Crippen molar-refractivity contribution in [3.63, 3.8) is 0 Å². The number of rotatable bonds is 8. The van der Waals surface area contributed by atoms with Crippen molar-refractivity contribution in [3.8, 4) is 0 Å². The van der Waals surface area contributed by atoms with Gasteiger partial charge in [0.2, 0.25) is 0 Å². The molecule has 0 aliphatic carbocycles. The molecule has 2 aromatic rings. The SMILES string of the molecule is CCCN(CCC)c1cc(NCc2ccc(Cl)cc2)nc(C)n1. The van der Waals surface area contributed by atoms with Crippen molar-refractivity contribution in [1.29, 1.82) is 0 Å². The molecule has 0 amide bonds. The van der Waals surface area contributed by atoms with Crippen LogP contribution in [0.25, 0.3) is 0 Å². The van der Waals surface area contributed by atoms with Crippen molar-refractivity contribution in [2.75, 3.05) is 23.3 Å². The Bertz CT molecular complexity index is 607. The van der Waals surface area contributed by atoms with Crippen molar-refractivity contribution < 1.29 is 0 Å². The number of anilines is 2. The summed E-state index contributed by atoms with van der Waals surface area (Å²) in [6, 6.07) is 9.88. The predicted molar refractivity (Wildman–Crippen MR) is 98.3 cm³/mol. The van der Waals surface area contributed by atoms with Gasteiger partial charge in [-0.2, -0.15) is 0 Å². The van der Waals surface area contributed by atoms with E-state index in [0.29, 0.717) is 6.54 Å². The summed E-state index contributed by atoms with van der Waals surface area (Å²) in [6.07, 6.45) is 2.22. The van der Waals surface area contributed by atoms with Crippen LogP contribution < -0.4 is 10.2 Å². The smallest absolute Gasteiger partial charge is 0.134 e. The Hall–Kier alpha value is -1.81. The van der Waals surface area contributed by atoms with E-state index in [2.05, 4.69) is 34.0 Å². The Morgan fingerprint density at radius 1 is 1.04 bits per heavy atom. The lowest BCUT2D eigenvalue weighted by Gasteiger charge is -2.23. The van der Waals surface area contributed by atoms with Crippen LogP contribution >= 0.6 is 11.6 Å². The van der Waals surface area contributed by atoms with Crippen LogP contribution in [0.4, 0.5) is 11.6 Å². The molecule has 0 saturated carbocycles. The molecule has 23 heavy (non-hydrogen) atoms. The van der Waals surface area contributed by atoms with Crippen LogP contribution in [0.5, 0.6) is 0 Å². The Labute approximate surface area is 143 Å². The third kappa shape index (κ3) is 5.39. The highest BCUT2D eigenvalue weighted by Crippen LogP contribution is 2.18. The molecule has 0 aliphatic rings. The quantitative estimate of drug-likeness (QED) is 0.762. The Morgan fingerprint density at radius 3 is 2.30 bits per heavy atom. The van der Waals surface area contributed by atoms with Crippen molar-refractivity contribution >= 4 is 23.2 Å². The first-order valence-electron chi connectivity index (χ1n) is 8.21. The molecule has 2 rings (SSSR count). The van der Waals surface area contributed by atoms with E-state index < -0.39 is 0 Å². The van der Waals surface area contributed by atoms with Gasteiger partial charge in [0.1, 0.15) is 17.5 Å². The van der Waals surface area contributed by atoms with Crippen LogP contribution in [0.15, 0.2) is 30.3 Å².